The number of piperazine rings is 1. The van der Waals surface area contributed by atoms with E-state index in [1.165, 1.54) is 13.1 Å². The number of hydrogen-bond donors (Lipinski definition) is 2. The maximum Gasteiger partial charge on any atom is 0.0431 e. The minimum Gasteiger partial charge on any atom is -1.00 e. The van der Waals surface area contributed by atoms with E-state index in [0.717, 1.165) is 32.5 Å². The Morgan fingerprint density at radius 1 is 1.08 bits per heavy atom. The van der Waals surface area contributed by atoms with E-state index in [-0.39, 0.29) is 24.8 Å². The van der Waals surface area contributed by atoms with Crippen molar-refractivity contribution in [3.05, 3.63) is 0 Å². The van der Waals surface area contributed by atoms with Gasteiger partial charge in [-0.05, 0) is 19.4 Å². The van der Waals surface area contributed by atoms with Crippen LogP contribution >= 0.6 is 0 Å². The summed E-state index contributed by atoms with van der Waals surface area (Å²) in [5.74, 6) is 0. The van der Waals surface area contributed by atoms with Gasteiger partial charge in [0.25, 0.3) is 0 Å². The largest absolute Gasteiger partial charge is 1.00 e. The fraction of sp³-hybridized carbons (Fsp3) is 1.00. The van der Waals surface area contributed by atoms with Crippen LogP contribution in [0.5, 0.6) is 0 Å². The van der Waals surface area contributed by atoms with E-state index >= 15 is 0 Å². The summed E-state index contributed by atoms with van der Waals surface area (Å²) in [7, 11) is 0. The normalized spacial score (nSPS) is 17.3. The van der Waals surface area contributed by atoms with Crippen LogP contribution in [-0.4, -0.2) is 49.3 Å². The van der Waals surface area contributed by atoms with Crippen LogP contribution < -0.4 is 30.1 Å². The smallest absolute Gasteiger partial charge is 0.0431 e. The number of aliphatic hydroxyl groups is 1. The van der Waals surface area contributed by atoms with Crippen molar-refractivity contribution in [1.29, 1.82) is 0 Å². The molecule has 0 aromatic heterocycles. The van der Waals surface area contributed by atoms with Gasteiger partial charge in [0.15, 0.2) is 0 Å². The summed E-state index contributed by atoms with van der Waals surface area (Å²) >= 11 is 0. The van der Waals surface area contributed by atoms with Crippen LogP contribution in [0.25, 0.3) is 0 Å². The van der Waals surface area contributed by atoms with Crippen LogP contribution in [-0.2, 0) is 0 Å². The van der Waals surface area contributed by atoms with Gasteiger partial charge in [0.2, 0.25) is 0 Å². The molecule has 0 spiro atoms. The SMILES string of the molecule is OCCCCN1CCNCC1.[Cl-].[Cl-]. The van der Waals surface area contributed by atoms with Gasteiger partial charge in [0.1, 0.15) is 0 Å². The fourth-order valence-corrected chi connectivity index (χ4v) is 1.38. The molecule has 1 aliphatic rings. The van der Waals surface area contributed by atoms with E-state index in [9.17, 15) is 0 Å². The number of rotatable bonds is 4. The minimum absolute atomic E-state index is 0. The number of hydrogen-bond acceptors (Lipinski definition) is 3. The Morgan fingerprint density at radius 3 is 2.23 bits per heavy atom. The highest BCUT2D eigenvalue weighted by molar-refractivity contribution is 4.66. The second kappa shape index (κ2) is 10.5. The van der Waals surface area contributed by atoms with E-state index in [2.05, 4.69) is 10.2 Å². The van der Waals surface area contributed by atoms with Crippen molar-refractivity contribution >= 4 is 0 Å². The Morgan fingerprint density at radius 2 is 1.69 bits per heavy atom. The molecular formula is C8H18Cl2N2O-2. The molecule has 1 rings (SSSR count). The number of nitrogens with one attached hydrogen (secondary N) is 1. The lowest BCUT2D eigenvalue weighted by molar-refractivity contribution is -0.001000. The first kappa shape index (κ1) is 15.9. The highest BCUT2D eigenvalue weighted by Crippen LogP contribution is 1.96. The Kier molecular flexibility index (Phi) is 12.9. The van der Waals surface area contributed by atoms with Crippen LogP contribution in [0.15, 0.2) is 0 Å². The molecule has 5 heteroatoms. The van der Waals surface area contributed by atoms with Gasteiger partial charge in [-0.15, -0.1) is 0 Å². The maximum absolute atomic E-state index is 8.56. The lowest BCUT2D eigenvalue weighted by atomic mass is 10.3. The third-order valence-corrected chi connectivity index (χ3v) is 2.09. The van der Waals surface area contributed by atoms with Crippen molar-refractivity contribution in [2.24, 2.45) is 0 Å². The average molecular weight is 229 g/mol. The highest BCUT2D eigenvalue weighted by Gasteiger charge is 2.07. The summed E-state index contributed by atoms with van der Waals surface area (Å²) in [5, 5.41) is 11.9. The second-order valence-corrected chi connectivity index (χ2v) is 3.02. The molecule has 1 saturated heterocycles. The van der Waals surface area contributed by atoms with E-state index in [0.29, 0.717) is 6.61 Å². The first-order chi connectivity index (χ1) is 5.43. The molecule has 0 bridgehead atoms. The van der Waals surface area contributed by atoms with Crippen molar-refractivity contribution in [2.45, 2.75) is 12.8 Å². The van der Waals surface area contributed by atoms with Gasteiger partial charge < -0.3 is 40.1 Å². The number of aliphatic hydroxyl groups excluding tert-OH is 1. The number of halogens is 2. The van der Waals surface area contributed by atoms with Gasteiger partial charge in [-0.3, -0.25) is 0 Å². The van der Waals surface area contributed by atoms with Crippen molar-refractivity contribution < 1.29 is 29.9 Å². The molecule has 0 aromatic rings. The van der Waals surface area contributed by atoms with Crippen LogP contribution in [0.4, 0.5) is 0 Å². The van der Waals surface area contributed by atoms with E-state index < -0.39 is 0 Å². The predicted octanol–water partition coefficient (Wildman–Crippen LogP) is -6.33. The van der Waals surface area contributed by atoms with Crippen molar-refractivity contribution in [3.8, 4) is 0 Å². The molecule has 13 heavy (non-hydrogen) atoms. The molecule has 0 amide bonds. The monoisotopic (exact) mass is 228 g/mol. The predicted molar refractivity (Wildman–Crippen MR) is 45.6 cm³/mol. The summed E-state index contributed by atoms with van der Waals surface area (Å²) in [5.41, 5.74) is 0. The van der Waals surface area contributed by atoms with Crippen molar-refractivity contribution in [2.75, 3.05) is 39.3 Å². The highest BCUT2D eigenvalue weighted by atomic mass is 35.5. The molecule has 0 aromatic carbocycles. The number of nitrogens with zero attached hydrogens (tertiary/aromatic N) is 1. The zero-order chi connectivity index (χ0) is 7.94. The third kappa shape index (κ3) is 7.52. The maximum atomic E-state index is 8.56. The fourth-order valence-electron chi connectivity index (χ4n) is 1.38. The van der Waals surface area contributed by atoms with E-state index in [4.69, 9.17) is 5.11 Å². The minimum atomic E-state index is 0. The average Bonchev–Trinajstić information content (AvgIpc) is 2.07. The Balaban J connectivity index is 0. The molecule has 0 atom stereocenters. The topological polar surface area (TPSA) is 35.5 Å². The molecule has 82 valence electrons. The summed E-state index contributed by atoms with van der Waals surface area (Å²) in [6.07, 6.45) is 2.08. The zero-order valence-corrected chi connectivity index (χ0v) is 9.32. The molecule has 0 aliphatic carbocycles. The molecule has 1 heterocycles. The molecule has 1 fully saturated rings. The summed E-state index contributed by atoms with van der Waals surface area (Å²) in [6.45, 7) is 6.09. The molecule has 2 N–H and O–H groups in total. The first-order valence-corrected chi connectivity index (χ1v) is 4.47. The van der Waals surface area contributed by atoms with E-state index in [1.807, 2.05) is 0 Å². The quantitative estimate of drug-likeness (QED) is 0.471. The van der Waals surface area contributed by atoms with Gasteiger partial charge in [0, 0.05) is 32.8 Å². The molecule has 1 aliphatic heterocycles. The zero-order valence-electron chi connectivity index (χ0n) is 7.81. The summed E-state index contributed by atoms with van der Waals surface area (Å²) in [4.78, 5) is 2.45. The molecule has 0 radical (unpaired) electrons. The molecule has 0 saturated carbocycles. The molecular weight excluding hydrogens is 211 g/mol. The molecule has 3 nitrogen and oxygen atoms in total. The Hall–Kier alpha value is 0.460. The van der Waals surface area contributed by atoms with Crippen LogP contribution in [0.2, 0.25) is 0 Å². The molecule has 0 unspecified atom stereocenters. The lowest BCUT2D eigenvalue weighted by Crippen LogP contribution is -3.00. The summed E-state index contributed by atoms with van der Waals surface area (Å²) < 4.78 is 0. The van der Waals surface area contributed by atoms with Crippen molar-refractivity contribution in [1.82, 2.24) is 10.2 Å². The Labute approximate surface area is 92.7 Å². The van der Waals surface area contributed by atoms with Gasteiger partial charge in [0.05, 0.1) is 0 Å². The van der Waals surface area contributed by atoms with Gasteiger partial charge >= 0.3 is 0 Å². The number of unbranched alkanes of at least 4 members (excludes halogenated alkanes) is 1. The second-order valence-electron chi connectivity index (χ2n) is 3.02. The van der Waals surface area contributed by atoms with Crippen LogP contribution in [0.3, 0.4) is 0 Å². The Bertz CT molecular complexity index is 100. The van der Waals surface area contributed by atoms with Crippen LogP contribution in [0.1, 0.15) is 12.8 Å². The third-order valence-electron chi connectivity index (χ3n) is 2.09. The standard InChI is InChI=1S/C8H18N2O.2ClH/c11-8-2-1-5-10-6-3-9-4-7-10;;/h9,11H,1-8H2;2*1H/p-2. The first-order valence-electron chi connectivity index (χ1n) is 4.47. The van der Waals surface area contributed by atoms with Crippen LogP contribution in [0, 0.1) is 0 Å². The van der Waals surface area contributed by atoms with Gasteiger partial charge in [-0.2, -0.15) is 0 Å². The van der Waals surface area contributed by atoms with E-state index in [1.54, 1.807) is 0 Å². The lowest BCUT2D eigenvalue weighted by Gasteiger charge is -2.26. The summed E-state index contributed by atoms with van der Waals surface area (Å²) in [6, 6.07) is 0. The van der Waals surface area contributed by atoms with Gasteiger partial charge in [-0.25, -0.2) is 0 Å². The van der Waals surface area contributed by atoms with Gasteiger partial charge in [-0.1, -0.05) is 0 Å². The van der Waals surface area contributed by atoms with Crippen molar-refractivity contribution in [3.63, 3.8) is 0 Å².